The summed E-state index contributed by atoms with van der Waals surface area (Å²) in [4.78, 5) is 17.2. The van der Waals surface area contributed by atoms with Crippen molar-refractivity contribution >= 4 is 11.4 Å². The standard InChI is InChI=1S/C17H15FN2O2/c1-3-14-16(20-9-5-4-6-15(20)19-14)17(21)12-8-7-11(22-2)10-13(12)18/h4-10H,3H2,1-2H3. The summed E-state index contributed by atoms with van der Waals surface area (Å²) >= 11 is 0. The molecule has 4 nitrogen and oxygen atoms in total. The van der Waals surface area contributed by atoms with Gasteiger partial charge in [0.15, 0.2) is 0 Å². The number of carbonyl (C=O) groups is 1. The Labute approximate surface area is 127 Å². The maximum Gasteiger partial charge on any atom is 0.214 e. The molecule has 3 aromatic rings. The molecule has 0 atom stereocenters. The molecule has 0 spiro atoms. The van der Waals surface area contributed by atoms with Crippen LogP contribution in [0.25, 0.3) is 5.65 Å². The second-order valence-electron chi connectivity index (χ2n) is 4.86. The van der Waals surface area contributed by atoms with Crippen molar-refractivity contribution in [2.75, 3.05) is 7.11 Å². The lowest BCUT2D eigenvalue weighted by Crippen LogP contribution is -2.10. The number of methoxy groups -OCH3 is 1. The zero-order valence-corrected chi connectivity index (χ0v) is 12.3. The predicted molar refractivity (Wildman–Crippen MR) is 81.0 cm³/mol. The quantitative estimate of drug-likeness (QED) is 0.694. The third kappa shape index (κ3) is 2.24. The number of halogens is 1. The molecule has 0 radical (unpaired) electrons. The van der Waals surface area contributed by atoms with Gasteiger partial charge in [-0.2, -0.15) is 0 Å². The molecule has 0 N–H and O–H groups in total. The molecule has 2 heterocycles. The van der Waals surface area contributed by atoms with Crippen LogP contribution in [-0.4, -0.2) is 22.3 Å². The fourth-order valence-corrected chi connectivity index (χ4v) is 2.47. The average Bonchev–Trinajstić information content (AvgIpc) is 2.92. The van der Waals surface area contributed by atoms with Gasteiger partial charge in [0.05, 0.1) is 18.4 Å². The number of pyridine rings is 1. The first-order chi connectivity index (χ1) is 10.7. The van der Waals surface area contributed by atoms with E-state index in [1.165, 1.54) is 19.2 Å². The van der Waals surface area contributed by atoms with Gasteiger partial charge in [-0.25, -0.2) is 9.37 Å². The van der Waals surface area contributed by atoms with Crippen LogP contribution in [0.3, 0.4) is 0 Å². The van der Waals surface area contributed by atoms with Crippen LogP contribution in [0.1, 0.15) is 28.7 Å². The number of carbonyl (C=O) groups excluding carboxylic acids is 1. The maximum absolute atomic E-state index is 14.2. The zero-order chi connectivity index (χ0) is 15.7. The van der Waals surface area contributed by atoms with E-state index in [1.54, 1.807) is 16.7 Å². The van der Waals surface area contributed by atoms with Crippen LogP contribution < -0.4 is 4.74 Å². The molecule has 5 heteroatoms. The van der Waals surface area contributed by atoms with E-state index in [9.17, 15) is 9.18 Å². The summed E-state index contributed by atoms with van der Waals surface area (Å²) in [5.41, 5.74) is 1.76. The van der Waals surface area contributed by atoms with E-state index < -0.39 is 5.82 Å². The predicted octanol–water partition coefficient (Wildman–Crippen LogP) is 3.28. The third-order valence-corrected chi connectivity index (χ3v) is 3.57. The SMILES string of the molecule is CCc1nc2ccccn2c1C(=O)c1ccc(OC)cc1F. The van der Waals surface area contributed by atoms with Crippen molar-refractivity contribution in [1.82, 2.24) is 9.38 Å². The minimum absolute atomic E-state index is 0.0150. The molecule has 22 heavy (non-hydrogen) atoms. The number of benzene rings is 1. The van der Waals surface area contributed by atoms with E-state index in [2.05, 4.69) is 4.98 Å². The van der Waals surface area contributed by atoms with Gasteiger partial charge in [0.1, 0.15) is 22.9 Å². The minimum Gasteiger partial charge on any atom is -0.497 e. The van der Waals surface area contributed by atoms with E-state index in [1.807, 2.05) is 25.1 Å². The van der Waals surface area contributed by atoms with E-state index in [-0.39, 0.29) is 11.3 Å². The van der Waals surface area contributed by atoms with Crippen LogP contribution in [0.5, 0.6) is 5.75 Å². The summed E-state index contributed by atoms with van der Waals surface area (Å²) in [6, 6.07) is 9.71. The van der Waals surface area contributed by atoms with Gasteiger partial charge in [-0.1, -0.05) is 13.0 Å². The van der Waals surface area contributed by atoms with Gasteiger partial charge >= 0.3 is 0 Å². The number of hydrogen-bond donors (Lipinski definition) is 0. The van der Waals surface area contributed by atoms with Crippen LogP contribution in [0, 0.1) is 5.82 Å². The van der Waals surface area contributed by atoms with Gasteiger partial charge in [-0.3, -0.25) is 9.20 Å². The van der Waals surface area contributed by atoms with Gasteiger partial charge in [0, 0.05) is 12.3 Å². The highest BCUT2D eigenvalue weighted by molar-refractivity contribution is 6.09. The number of nitrogens with zero attached hydrogens (tertiary/aromatic N) is 2. The van der Waals surface area contributed by atoms with E-state index >= 15 is 0 Å². The molecule has 0 aliphatic carbocycles. The molecule has 0 aliphatic rings. The molecule has 0 aliphatic heterocycles. The number of hydrogen-bond acceptors (Lipinski definition) is 3. The first-order valence-electron chi connectivity index (χ1n) is 7.00. The number of ether oxygens (including phenoxy) is 1. The highest BCUT2D eigenvalue weighted by Crippen LogP contribution is 2.22. The summed E-state index contributed by atoms with van der Waals surface area (Å²) in [6.45, 7) is 1.92. The first kappa shape index (κ1) is 14.3. The van der Waals surface area contributed by atoms with Crippen molar-refractivity contribution in [1.29, 1.82) is 0 Å². The molecular formula is C17H15FN2O2. The maximum atomic E-state index is 14.2. The van der Waals surface area contributed by atoms with E-state index in [0.717, 1.165) is 0 Å². The number of rotatable bonds is 4. The molecule has 112 valence electrons. The molecule has 1 aromatic carbocycles. The Morgan fingerprint density at radius 3 is 2.82 bits per heavy atom. The molecule has 2 aromatic heterocycles. The summed E-state index contributed by atoms with van der Waals surface area (Å²) in [5, 5.41) is 0. The fourth-order valence-electron chi connectivity index (χ4n) is 2.47. The van der Waals surface area contributed by atoms with E-state index in [4.69, 9.17) is 4.74 Å². The van der Waals surface area contributed by atoms with Crippen molar-refractivity contribution in [2.24, 2.45) is 0 Å². The van der Waals surface area contributed by atoms with Crippen molar-refractivity contribution in [3.05, 3.63) is 65.4 Å². The summed E-state index contributed by atoms with van der Waals surface area (Å²) in [7, 11) is 1.45. The average molecular weight is 298 g/mol. The normalized spacial score (nSPS) is 10.9. The van der Waals surface area contributed by atoms with Crippen molar-refractivity contribution in [3.8, 4) is 5.75 Å². The molecular weight excluding hydrogens is 283 g/mol. The molecule has 0 unspecified atom stereocenters. The first-order valence-corrected chi connectivity index (χ1v) is 7.00. The van der Waals surface area contributed by atoms with Crippen molar-refractivity contribution in [2.45, 2.75) is 13.3 Å². The number of ketones is 1. The van der Waals surface area contributed by atoms with Crippen LogP contribution in [0.15, 0.2) is 42.6 Å². The second-order valence-corrected chi connectivity index (χ2v) is 4.86. The Morgan fingerprint density at radius 1 is 1.32 bits per heavy atom. The van der Waals surface area contributed by atoms with E-state index in [0.29, 0.717) is 29.2 Å². The highest BCUT2D eigenvalue weighted by atomic mass is 19.1. The van der Waals surface area contributed by atoms with Crippen LogP contribution >= 0.6 is 0 Å². The molecule has 0 fully saturated rings. The molecule has 0 saturated heterocycles. The molecule has 0 amide bonds. The molecule has 0 saturated carbocycles. The van der Waals surface area contributed by atoms with Gasteiger partial charge in [0.2, 0.25) is 5.78 Å². The zero-order valence-electron chi connectivity index (χ0n) is 12.3. The third-order valence-electron chi connectivity index (χ3n) is 3.57. The lowest BCUT2D eigenvalue weighted by molar-refractivity contribution is 0.102. The highest BCUT2D eigenvalue weighted by Gasteiger charge is 2.22. The van der Waals surface area contributed by atoms with Crippen LogP contribution in [-0.2, 0) is 6.42 Å². The van der Waals surface area contributed by atoms with Crippen LogP contribution in [0.2, 0.25) is 0 Å². The largest absolute Gasteiger partial charge is 0.497 e. The monoisotopic (exact) mass is 298 g/mol. The smallest absolute Gasteiger partial charge is 0.214 e. The summed E-state index contributed by atoms with van der Waals surface area (Å²) in [5.74, 6) is -0.601. The number of aromatic nitrogens is 2. The number of fused-ring (bicyclic) bond motifs is 1. The van der Waals surface area contributed by atoms with Crippen molar-refractivity contribution < 1.29 is 13.9 Å². The Kier molecular flexibility index (Phi) is 3.63. The lowest BCUT2D eigenvalue weighted by atomic mass is 10.0. The van der Waals surface area contributed by atoms with Gasteiger partial charge in [-0.05, 0) is 30.7 Å². The van der Waals surface area contributed by atoms with Gasteiger partial charge in [0.25, 0.3) is 0 Å². The van der Waals surface area contributed by atoms with Gasteiger partial charge in [-0.15, -0.1) is 0 Å². The van der Waals surface area contributed by atoms with Crippen molar-refractivity contribution in [3.63, 3.8) is 0 Å². The Morgan fingerprint density at radius 2 is 2.14 bits per heavy atom. The number of aryl methyl sites for hydroxylation is 1. The lowest BCUT2D eigenvalue weighted by Gasteiger charge is -2.06. The topological polar surface area (TPSA) is 43.6 Å². The molecule has 3 rings (SSSR count). The molecule has 0 bridgehead atoms. The second kappa shape index (κ2) is 5.60. The Balaban J connectivity index is 2.16. The summed E-state index contributed by atoms with van der Waals surface area (Å²) in [6.07, 6.45) is 2.36. The fraction of sp³-hybridized carbons (Fsp3) is 0.176. The van der Waals surface area contributed by atoms with Crippen LogP contribution in [0.4, 0.5) is 4.39 Å². The number of imidazole rings is 1. The Bertz CT molecular complexity index is 855. The Hall–Kier alpha value is -2.69. The minimum atomic E-state index is -0.600. The summed E-state index contributed by atoms with van der Waals surface area (Å²) < 4.78 is 20.9. The van der Waals surface area contributed by atoms with Gasteiger partial charge < -0.3 is 4.74 Å².